The highest BCUT2D eigenvalue weighted by Crippen LogP contribution is 2.20. The lowest BCUT2D eigenvalue weighted by Crippen LogP contribution is -1.81. The van der Waals surface area contributed by atoms with E-state index in [9.17, 15) is 4.39 Å². The highest BCUT2D eigenvalue weighted by molar-refractivity contribution is 6.19. The highest BCUT2D eigenvalue weighted by atomic mass is 35.5. The number of benzene rings is 1. The van der Waals surface area contributed by atoms with Crippen LogP contribution in [0.1, 0.15) is 16.8 Å². The molecule has 0 saturated heterocycles. The van der Waals surface area contributed by atoms with Crippen LogP contribution >= 0.6 is 11.6 Å². The van der Waals surface area contributed by atoms with Gasteiger partial charge in [0.05, 0.1) is 0 Å². The standard InChI is InChI=1S/C8H8ClF/c1-6-2-4-7(5-3-6)8(9)10/h2-5,8H,1H3. The van der Waals surface area contributed by atoms with Gasteiger partial charge in [0.15, 0.2) is 5.63 Å². The van der Waals surface area contributed by atoms with Crippen molar-refractivity contribution in [1.29, 1.82) is 0 Å². The summed E-state index contributed by atoms with van der Waals surface area (Å²) in [4.78, 5) is 0. The zero-order valence-corrected chi connectivity index (χ0v) is 6.40. The molecule has 10 heavy (non-hydrogen) atoms. The zero-order chi connectivity index (χ0) is 7.56. The van der Waals surface area contributed by atoms with Gasteiger partial charge in [-0.05, 0) is 6.92 Å². The molecule has 2 heteroatoms. The zero-order valence-electron chi connectivity index (χ0n) is 5.64. The number of alkyl halides is 2. The minimum Gasteiger partial charge on any atom is -0.225 e. The van der Waals surface area contributed by atoms with Crippen LogP contribution in [0.4, 0.5) is 4.39 Å². The van der Waals surface area contributed by atoms with Crippen LogP contribution in [0, 0.1) is 6.92 Å². The lowest BCUT2D eigenvalue weighted by atomic mass is 10.2. The fourth-order valence-electron chi connectivity index (χ4n) is 0.712. The predicted molar refractivity (Wildman–Crippen MR) is 40.9 cm³/mol. The van der Waals surface area contributed by atoms with E-state index in [1.54, 1.807) is 12.1 Å². The van der Waals surface area contributed by atoms with E-state index in [0.29, 0.717) is 5.56 Å². The minimum absolute atomic E-state index is 0.521. The average molecular weight is 159 g/mol. The first-order valence-electron chi connectivity index (χ1n) is 3.05. The van der Waals surface area contributed by atoms with Crippen LogP contribution in [0.25, 0.3) is 0 Å². The molecule has 1 aromatic rings. The first-order valence-corrected chi connectivity index (χ1v) is 3.48. The van der Waals surface area contributed by atoms with Crippen LogP contribution in [0.15, 0.2) is 24.3 Å². The Kier molecular flexibility index (Phi) is 2.28. The fourth-order valence-corrected chi connectivity index (χ4v) is 0.857. The van der Waals surface area contributed by atoms with Gasteiger partial charge in [0.2, 0.25) is 0 Å². The summed E-state index contributed by atoms with van der Waals surface area (Å²) in [7, 11) is 0. The van der Waals surface area contributed by atoms with E-state index < -0.39 is 5.63 Å². The molecule has 1 aromatic carbocycles. The van der Waals surface area contributed by atoms with E-state index >= 15 is 0 Å². The van der Waals surface area contributed by atoms with Gasteiger partial charge >= 0.3 is 0 Å². The first kappa shape index (κ1) is 7.55. The van der Waals surface area contributed by atoms with Gasteiger partial charge in [-0.3, -0.25) is 0 Å². The third-order valence-corrected chi connectivity index (χ3v) is 1.58. The van der Waals surface area contributed by atoms with E-state index in [2.05, 4.69) is 0 Å². The Balaban J connectivity index is 2.89. The molecule has 0 aromatic heterocycles. The Morgan fingerprint density at radius 3 is 2.20 bits per heavy atom. The van der Waals surface area contributed by atoms with Crippen LogP contribution in [0.5, 0.6) is 0 Å². The number of hydrogen-bond acceptors (Lipinski definition) is 0. The molecule has 0 aliphatic heterocycles. The van der Waals surface area contributed by atoms with E-state index in [1.165, 1.54) is 0 Å². The molecule has 54 valence electrons. The van der Waals surface area contributed by atoms with Gasteiger partial charge in [-0.1, -0.05) is 41.4 Å². The Morgan fingerprint density at radius 1 is 1.30 bits per heavy atom. The summed E-state index contributed by atoms with van der Waals surface area (Å²) in [5.74, 6) is 0. The molecule has 0 heterocycles. The molecule has 0 amide bonds. The first-order chi connectivity index (χ1) is 4.70. The second kappa shape index (κ2) is 3.02. The largest absolute Gasteiger partial charge is 0.225 e. The Morgan fingerprint density at radius 2 is 1.80 bits per heavy atom. The summed E-state index contributed by atoms with van der Waals surface area (Å²) in [5, 5.41) is 0. The van der Waals surface area contributed by atoms with Crippen molar-refractivity contribution in [2.75, 3.05) is 0 Å². The molecule has 0 bridgehead atoms. The summed E-state index contributed by atoms with van der Waals surface area (Å²) in [5.41, 5.74) is 0.258. The van der Waals surface area contributed by atoms with Crippen LogP contribution < -0.4 is 0 Å². The molecule has 1 atom stereocenters. The van der Waals surface area contributed by atoms with Crippen molar-refractivity contribution in [3.05, 3.63) is 35.4 Å². The molecule has 0 nitrogen and oxygen atoms in total. The Bertz CT molecular complexity index is 203. The third kappa shape index (κ3) is 1.71. The van der Waals surface area contributed by atoms with Gasteiger partial charge in [-0.15, -0.1) is 0 Å². The van der Waals surface area contributed by atoms with Crippen LogP contribution in [0.3, 0.4) is 0 Å². The molecule has 0 radical (unpaired) electrons. The normalized spacial score (nSPS) is 13.1. The van der Waals surface area contributed by atoms with Gasteiger partial charge in [-0.2, -0.15) is 0 Å². The van der Waals surface area contributed by atoms with Crippen molar-refractivity contribution in [1.82, 2.24) is 0 Å². The van der Waals surface area contributed by atoms with Crippen molar-refractivity contribution in [2.45, 2.75) is 12.6 Å². The molecule has 0 N–H and O–H groups in total. The lowest BCUT2D eigenvalue weighted by molar-refractivity contribution is 0.460. The molecule has 1 unspecified atom stereocenters. The minimum atomic E-state index is -1.37. The summed E-state index contributed by atoms with van der Waals surface area (Å²) < 4.78 is 12.3. The highest BCUT2D eigenvalue weighted by Gasteiger charge is 2.01. The summed E-state index contributed by atoms with van der Waals surface area (Å²) in [6.07, 6.45) is 0. The van der Waals surface area contributed by atoms with Gasteiger partial charge in [-0.25, -0.2) is 4.39 Å². The number of rotatable bonds is 1. The molecule has 0 spiro atoms. The van der Waals surface area contributed by atoms with Crippen LogP contribution in [-0.4, -0.2) is 0 Å². The topological polar surface area (TPSA) is 0 Å². The number of hydrogen-bond donors (Lipinski definition) is 0. The summed E-state index contributed by atoms with van der Waals surface area (Å²) in [6, 6.07) is 7.05. The molecule has 0 fully saturated rings. The number of halogens is 2. The fraction of sp³-hybridized carbons (Fsp3) is 0.250. The SMILES string of the molecule is Cc1ccc(C(F)Cl)cc1. The maximum atomic E-state index is 12.3. The van der Waals surface area contributed by atoms with Crippen molar-refractivity contribution < 1.29 is 4.39 Å². The predicted octanol–water partition coefficient (Wildman–Crippen LogP) is 3.20. The van der Waals surface area contributed by atoms with Gasteiger partial charge in [0.25, 0.3) is 0 Å². The maximum Gasteiger partial charge on any atom is 0.198 e. The van der Waals surface area contributed by atoms with Crippen molar-refractivity contribution in [2.24, 2.45) is 0 Å². The van der Waals surface area contributed by atoms with Gasteiger partial charge in [0.1, 0.15) is 0 Å². The molecular weight excluding hydrogens is 151 g/mol. The van der Waals surface area contributed by atoms with Crippen LogP contribution in [0.2, 0.25) is 0 Å². The number of aryl methyl sites for hydroxylation is 1. The second-order valence-electron chi connectivity index (χ2n) is 2.21. The van der Waals surface area contributed by atoms with E-state index in [-0.39, 0.29) is 0 Å². The summed E-state index contributed by atoms with van der Waals surface area (Å²) in [6.45, 7) is 1.95. The summed E-state index contributed by atoms with van der Waals surface area (Å²) >= 11 is 5.19. The lowest BCUT2D eigenvalue weighted by Gasteiger charge is -1.98. The smallest absolute Gasteiger partial charge is 0.198 e. The molecule has 0 saturated carbocycles. The molecule has 1 rings (SSSR count). The van der Waals surface area contributed by atoms with Gasteiger partial charge < -0.3 is 0 Å². The van der Waals surface area contributed by atoms with Crippen LogP contribution in [-0.2, 0) is 0 Å². The van der Waals surface area contributed by atoms with Gasteiger partial charge in [0, 0.05) is 5.56 Å². The van der Waals surface area contributed by atoms with Crippen molar-refractivity contribution in [3.8, 4) is 0 Å². The van der Waals surface area contributed by atoms with Crippen molar-refractivity contribution in [3.63, 3.8) is 0 Å². The quantitative estimate of drug-likeness (QED) is 0.551. The maximum absolute atomic E-state index is 12.3. The molecular formula is C8H8ClF. The van der Waals surface area contributed by atoms with E-state index in [1.807, 2.05) is 19.1 Å². The monoisotopic (exact) mass is 158 g/mol. The Hall–Kier alpha value is -0.560. The van der Waals surface area contributed by atoms with E-state index in [4.69, 9.17) is 11.6 Å². The Labute approximate surface area is 64.6 Å². The van der Waals surface area contributed by atoms with E-state index in [0.717, 1.165) is 5.56 Å². The molecule has 0 aliphatic rings. The molecule has 0 aliphatic carbocycles. The van der Waals surface area contributed by atoms with Crippen molar-refractivity contribution >= 4 is 11.6 Å². The average Bonchev–Trinajstić information content (AvgIpc) is 1.88. The second-order valence-corrected chi connectivity index (χ2v) is 2.59. The third-order valence-electron chi connectivity index (χ3n) is 1.33.